The number of esters is 1. The maximum Gasteiger partial charge on any atom is 0.350 e. The van der Waals surface area contributed by atoms with E-state index in [-0.39, 0.29) is 18.3 Å². The van der Waals surface area contributed by atoms with Crippen LogP contribution < -0.4 is 10.1 Å². The average Bonchev–Trinajstić information content (AvgIpc) is 2.91. The Kier molecular flexibility index (Phi) is 4.54. The minimum atomic E-state index is -0.965. The lowest BCUT2D eigenvalue weighted by molar-refractivity contribution is -0.118. The number of carbonyl (C=O) groups is 3. The third-order valence-corrected chi connectivity index (χ3v) is 4.69. The molecule has 7 nitrogen and oxygen atoms in total. The number of hydrogen-bond acceptors (Lipinski definition) is 7. The van der Waals surface area contributed by atoms with Crippen LogP contribution in [-0.4, -0.2) is 35.4 Å². The van der Waals surface area contributed by atoms with Gasteiger partial charge in [-0.3, -0.25) is 9.59 Å². The van der Waals surface area contributed by atoms with E-state index in [4.69, 9.17) is 9.47 Å². The molecule has 0 saturated heterocycles. The van der Waals surface area contributed by atoms with Crippen molar-refractivity contribution in [1.29, 1.82) is 0 Å². The van der Waals surface area contributed by atoms with Gasteiger partial charge in [0.15, 0.2) is 12.7 Å². The number of Topliss-reactive ketones (excluding diaryl/α,β-unsaturated/α-hetero) is 1. The third-order valence-electron chi connectivity index (χ3n) is 3.64. The van der Waals surface area contributed by atoms with Crippen LogP contribution in [0.5, 0.6) is 5.75 Å². The lowest BCUT2D eigenvalue weighted by atomic mass is 10.1. The highest BCUT2D eigenvalue weighted by Gasteiger charge is 2.25. The van der Waals surface area contributed by atoms with Crippen LogP contribution >= 0.6 is 11.3 Å². The largest absolute Gasteiger partial charge is 0.482 e. The van der Waals surface area contributed by atoms with Gasteiger partial charge >= 0.3 is 5.97 Å². The quantitative estimate of drug-likeness (QED) is 0.665. The van der Waals surface area contributed by atoms with Gasteiger partial charge in [-0.2, -0.15) is 0 Å². The Labute approximate surface area is 148 Å². The molecule has 1 N–H and O–H groups in total. The van der Waals surface area contributed by atoms with Crippen LogP contribution in [0.3, 0.4) is 0 Å². The van der Waals surface area contributed by atoms with Gasteiger partial charge in [-0.15, -0.1) is 11.3 Å². The van der Waals surface area contributed by atoms with Crippen molar-refractivity contribution in [3.8, 4) is 5.75 Å². The van der Waals surface area contributed by atoms with E-state index in [9.17, 15) is 14.4 Å². The highest BCUT2D eigenvalue weighted by atomic mass is 32.1. The number of benzene rings is 1. The molecule has 2 aromatic rings. The van der Waals surface area contributed by atoms with Crippen molar-refractivity contribution in [3.05, 3.63) is 39.3 Å². The van der Waals surface area contributed by atoms with Gasteiger partial charge in [-0.1, -0.05) is 0 Å². The number of nitrogens with one attached hydrogen (secondary N) is 1. The molecule has 2 heterocycles. The summed E-state index contributed by atoms with van der Waals surface area (Å²) >= 11 is 1.23. The predicted octanol–water partition coefficient (Wildman–Crippen LogP) is 2.52. The van der Waals surface area contributed by atoms with Crippen molar-refractivity contribution in [2.24, 2.45) is 0 Å². The van der Waals surface area contributed by atoms with E-state index in [2.05, 4.69) is 10.3 Å². The third kappa shape index (κ3) is 3.53. The monoisotopic (exact) mass is 360 g/mol. The number of ketones is 1. The summed E-state index contributed by atoms with van der Waals surface area (Å²) in [5.74, 6) is -0.724. The van der Waals surface area contributed by atoms with Crippen LogP contribution in [0.15, 0.2) is 18.2 Å². The van der Waals surface area contributed by atoms with E-state index < -0.39 is 12.1 Å². The second-order valence-corrected chi connectivity index (χ2v) is 6.81. The number of carbonyl (C=O) groups excluding carboxylic acids is 3. The van der Waals surface area contributed by atoms with Crippen molar-refractivity contribution in [1.82, 2.24) is 4.98 Å². The van der Waals surface area contributed by atoms with E-state index in [1.807, 2.05) is 0 Å². The summed E-state index contributed by atoms with van der Waals surface area (Å²) < 4.78 is 10.5. The number of amides is 1. The zero-order chi connectivity index (χ0) is 18.1. The first-order valence-corrected chi connectivity index (χ1v) is 8.42. The molecular weight excluding hydrogens is 344 g/mol. The van der Waals surface area contributed by atoms with Crippen molar-refractivity contribution < 1.29 is 23.9 Å². The molecule has 8 heteroatoms. The first-order valence-electron chi connectivity index (χ1n) is 7.61. The minimum Gasteiger partial charge on any atom is -0.482 e. The molecular formula is C17H16N2O5S. The Hall–Kier alpha value is -2.74. The Morgan fingerprint density at radius 1 is 1.36 bits per heavy atom. The Balaban J connectivity index is 1.74. The molecule has 1 amide bonds. The molecule has 1 atom stereocenters. The Morgan fingerprint density at radius 2 is 2.12 bits per heavy atom. The molecule has 3 rings (SSSR count). The van der Waals surface area contributed by atoms with E-state index in [1.165, 1.54) is 24.3 Å². The molecule has 0 fully saturated rings. The van der Waals surface area contributed by atoms with E-state index >= 15 is 0 Å². The maximum atomic E-state index is 12.5. The van der Waals surface area contributed by atoms with E-state index in [1.54, 1.807) is 26.0 Å². The fourth-order valence-electron chi connectivity index (χ4n) is 2.46. The molecule has 130 valence electrons. The summed E-state index contributed by atoms with van der Waals surface area (Å²) in [7, 11) is 0. The van der Waals surface area contributed by atoms with Gasteiger partial charge in [0, 0.05) is 5.56 Å². The van der Waals surface area contributed by atoms with Crippen molar-refractivity contribution in [3.63, 3.8) is 0 Å². The van der Waals surface area contributed by atoms with Crippen LogP contribution in [0.1, 0.15) is 37.7 Å². The molecule has 1 aliphatic rings. The molecule has 0 spiro atoms. The zero-order valence-corrected chi connectivity index (χ0v) is 14.7. The summed E-state index contributed by atoms with van der Waals surface area (Å²) in [5.41, 5.74) is 1.33. The minimum absolute atomic E-state index is 0.0536. The molecule has 0 radical (unpaired) electrons. The Bertz CT molecular complexity index is 874. The van der Waals surface area contributed by atoms with Gasteiger partial charge in [0.1, 0.15) is 10.6 Å². The maximum absolute atomic E-state index is 12.5. The molecule has 0 saturated carbocycles. The first kappa shape index (κ1) is 17.1. The predicted molar refractivity (Wildman–Crippen MR) is 91.4 cm³/mol. The highest BCUT2D eigenvalue weighted by Crippen LogP contribution is 2.29. The second kappa shape index (κ2) is 6.64. The SMILES string of the molecule is Cc1nc(C)c(C(=O)O[C@H](C)C(=O)c2ccc3c(c2)NC(=O)CO3)s1. The van der Waals surface area contributed by atoms with Crippen LogP contribution in [0, 0.1) is 13.8 Å². The fraction of sp³-hybridized carbons (Fsp3) is 0.294. The standard InChI is InChI=1S/C17H16N2O5S/c1-8-16(25-10(3)18-8)17(22)24-9(2)15(21)11-4-5-13-12(6-11)19-14(20)7-23-13/h4-6,9H,7H2,1-3H3,(H,19,20)/t9-/m1/s1. The molecule has 0 unspecified atom stereocenters. The number of aryl methyl sites for hydroxylation is 2. The van der Waals surface area contributed by atoms with Gasteiger partial charge < -0.3 is 14.8 Å². The van der Waals surface area contributed by atoms with Gasteiger partial charge in [0.05, 0.1) is 16.4 Å². The summed E-state index contributed by atoms with van der Waals surface area (Å²) in [5, 5.41) is 3.40. The van der Waals surface area contributed by atoms with E-state index in [0.29, 0.717) is 27.6 Å². The number of anilines is 1. The molecule has 0 bridgehead atoms. The summed E-state index contributed by atoms with van der Waals surface area (Å²) in [6.07, 6.45) is -0.965. The topological polar surface area (TPSA) is 94.6 Å². The van der Waals surface area contributed by atoms with Crippen LogP contribution in [0.4, 0.5) is 5.69 Å². The van der Waals surface area contributed by atoms with Crippen molar-refractivity contribution >= 4 is 34.7 Å². The molecule has 25 heavy (non-hydrogen) atoms. The number of rotatable bonds is 4. The molecule has 1 aromatic carbocycles. The number of thiazole rings is 1. The van der Waals surface area contributed by atoms with Gasteiger partial charge in [-0.25, -0.2) is 9.78 Å². The summed E-state index contributed by atoms with van der Waals surface area (Å²) in [6.45, 7) is 4.98. The summed E-state index contributed by atoms with van der Waals surface area (Å²) in [6, 6.07) is 4.69. The average molecular weight is 360 g/mol. The zero-order valence-electron chi connectivity index (χ0n) is 13.9. The number of fused-ring (bicyclic) bond motifs is 1. The van der Waals surface area contributed by atoms with Crippen molar-refractivity contribution in [2.75, 3.05) is 11.9 Å². The van der Waals surface area contributed by atoms with Gasteiger partial charge in [0.2, 0.25) is 5.78 Å². The molecule has 1 aromatic heterocycles. The lowest BCUT2D eigenvalue weighted by Gasteiger charge is -2.19. The van der Waals surface area contributed by atoms with Crippen LogP contribution in [0.2, 0.25) is 0 Å². The smallest absolute Gasteiger partial charge is 0.350 e. The highest BCUT2D eigenvalue weighted by molar-refractivity contribution is 7.13. The number of nitrogens with zero attached hydrogens (tertiary/aromatic N) is 1. The number of aromatic nitrogens is 1. The fourth-order valence-corrected chi connectivity index (χ4v) is 3.26. The Morgan fingerprint density at radius 3 is 2.80 bits per heavy atom. The van der Waals surface area contributed by atoms with Crippen molar-refractivity contribution in [2.45, 2.75) is 26.9 Å². The first-order chi connectivity index (χ1) is 11.8. The lowest BCUT2D eigenvalue weighted by Crippen LogP contribution is -2.27. The van der Waals surface area contributed by atoms with Crippen LogP contribution in [0.25, 0.3) is 0 Å². The summed E-state index contributed by atoms with van der Waals surface area (Å²) in [4.78, 5) is 40.7. The van der Waals surface area contributed by atoms with Crippen LogP contribution in [-0.2, 0) is 9.53 Å². The van der Waals surface area contributed by atoms with Gasteiger partial charge in [-0.05, 0) is 39.0 Å². The normalized spacial score (nSPS) is 14.1. The molecule has 1 aliphatic heterocycles. The number of ether oxygens (including phenoxy) is 2. The van der Waals surface area contributed by atoms with Gasteiger partial charge in [0.25, 0.3) is 5.91 Å². The number of hydrogen-bond donors (Lipinski definition) is 1. The van der Waals surface area contributed by atoms with E-state index in [0.717, 1.165) is 5.01 Å². The molecule has 0 aliphatic carbocycles. The second-order valence-electron chi connectivity index (χ2n) is 5.61.